The van der Waals surface area contributed by atoms with Gasteiger partial charge in [0.05, 0.1) is 18.8 Å². The number of hydrogen-bond donors (Lipinski definition) is 2. The normalized spacial score (nSPS) is 20.5. The molecule has 162 valence electrons. The molecule has 2 aromatic carbocycles. The molecule has 0 unspecified atom stereocenters. The van der Waals surface area contributed by atoms with Crippen LogP contribution in [0.5, 0.6) is 0 Å². The van der Waals surface area contributed by atoms with Crippen LogP contribution >= 0.6 is 0 Å². The Hall–Kier alpha value is -2.37. The minimum Gasteiger partial charge on any atom is -0.339 e. The Bertz CT molecular complexity index is 828. The first-order valence-corrected chi connectivity index (χ1v) is 10.8. The van der Waals surface area contributed by atoms with E-state index in [2.05, 4.69) is 56.5 Å². The Kier molecular flexibility index (Phi) is 6.84. The number of rotatable bonds is 6. The monoisotopic (exact) mass is 410 g/mol. The van der Waals surface area contributed by atoms with E-state index >= 15 is 0 Å². The summed E-state index contributed by atoms with van der Waals surface area (Å²) in [6.45, 7) is 12.7. The van der Waals surface area contributed by atoms with E-state index in [1.165, 1.54) is 0 Å². The summed E-state index contributed by atoms with van der Waals surface area (Å²) in [5, 5.41) is 6.08. The van der Waals surface area contributed by atoms with Crippen LogP contribution in [-0.2, 0) is 15.3 Å². The number of benzene rings is 2. The first-order chi connectivity index (χ1) is 14.2. The van der Waals surface area contributed by atoms with Crippen LogP contribution in [0, 0.1) is 0 Å². The van der Waals surface area contributed by atoms with Gasteiger partial charge in [0.15, 0.2) is 0 Å². The summed E-state index contributed by atoms with van der Waals surface area (Å²) >= 11 is 0. The number of nitrogens with one attached hydrogen (secondary N) is 2. The van der Waals surface area contributed by atoms with Crippen LogP contribution in [-0.4, -0.2) is 24.8 Å². The van der Waals surface area contributed by atoms with E-state index in [0.29, 0.717) is 11.8 Å². The zero-order valence-electron chi connectivity index (χ0n) is 18.9. The minimum atomic E-state index is -0.990. The van der Waals surface area contributed by atoms with Crippen molar-refractivity contribution in [3.05, 3.63) is 65.2 Å². The fourth-order valence-electron chi connectivity index (χ4n) is 3.88. The molecule has 30 heavy (non-hydrogen) atoms. The molecule has 1 fully saturated rings. The highest BCUT2D eigenvalue weighted by molar-refractivity contribution is 5.91. The lowest BCUT2D eigenvalue weighted by atomic mass is 9.93. The van der Waals surface area contributed by atoms with Crippen LogP contribution < -0.4 is 10.6 Å². The third-order valence-electron chi connectivity index (χ3n) is 5.72. The number of para-hydroxylation sites is 1. The molecule has 1 aliphatic rings. The molecule has 0 radical (unpaired) electrons. The SMILES string of the molecule is CC(C)c1cccc(C(C)C)c1NC(=O)NCC1(c2ccccc2)O[C@@H](C)[C@H](C)O1. The maximum absolute atomic E-state index is 12.9. The highest BCUT2D eigenvalue weighted by Crippen LogP contribution is 2.37. The highest BCUT2D eigenvalue weighted by Gasteiger charge is 2.45. The van der Waals surface area contributed by atoms with E-state index in [4.69, 9.17) is 9.47 Å². The molecule has 1 aliphatic heterocycles. The van der Waals surface area contributed by atoms with Crippen LogP contribution in [0.1, 0.15) is 70.1 Å². The molecule has 1 heterocycles. The first kappa shape index (κ1) is 22.3. The van der Waals surface area contributed by atoms with Crippen molar-refractivity contribution in [2.75, 3.05) is 11.9 Å². The zero-order chi connectivity index (χ0) is 21.9. The Labute approximate surface area is 180 Å². The van der Waals surface area contributed by atoms with Gasteiger partial charge in [-0.05, 0) is 36.8 Å². The third kappa shape index (κ3) is 4.68. The van der Waals surface area contributed by atoms with E-state index in [0.717, 1.165) is 22.4 Å². The first-order valence-electron chi connectivity index (χ1n) is 10.8. The zero-order valence-corrected chi connectivity index (χ0v) is 18.9. The number of anilines is 1. The Morgan fingerprint density at radius 2 is 1.43 bits per heavy atom. The number of hydrogen-bond acceptors (Lipinski definition) is 3. The molecular weight excluding hydrogens is 376 g/mol. The lowest BCUT2D eigenvalue weighted by molar-refractivity contribution is -0.176. The van der Waals surface area contributed by atoms with Crippen molar-refractivity contribution in [1.82, 2.24) is 5.32 Å². The maximum atomic E-state index is 12.9. The van der Waals surface area contributed by atoms with Crippen molar-refractivity contribution in [1.29, 1.82) is 0 Å². The van der Waals surface area contributed by atoms with Gasteiger partial charge in [-0.2, -0.15) is 0 Å². The topological polar surface area (TPSA) is 59.6 Å². The summed E-state index contributed by atoms with van der Waals surface area (Å²) in [4.78, 5) is 12.9. The molecule has 0 spiro atoms. The van der Waals surface area contributed by atoms with Gasteiger partial charge >= 0.3 is 6.03 Å². The van der Waals surface area contributed by atoms with Crippen molar-refractivity contribution < 1.29 is 14.3 Å². The Morgan fingerprint density at radius 3 is 1.93 bits per heavy atom. The van der Waals surface area contributed by atoms with Gasteiger partial charge in [0.1, 0.15) is 0 Å². The molecule has 0 saturated carbocycles. The second-order valence-corrected chi connectivity index (χ2v) is 8.69. The van der Waals surface area contributed by atoms with Gasteiger partial charge in [-0.1, -0.05) is 76.2 Å². The molecule has 5 nitrogen and oxygen atoms in total. The Balaban J connectivity index is 1.80. The summed E-state index contributed by atoms with van der Waals surface area (Å²) < 4.78 is 12.4. The highest BCUT2D eigenvalue weighted by atomic mass is 16.8. The smallest absolute Gasteiger partial charge is 0.319 e. The van der Waals surface area contributed by atoms with E-state index in [-0.39, 0.29) is 24.8 Å². The van der Waals surface area contributed by atoms with Crippen LogP contribution in [0.2, 0.25) is 0 Å². The average Bonchev–Trinajstić information content (AvgIpc) is 3.02. The number of amides is 2. The summed E-state index contributed by atoms with van der Waals surface area (Å²) in [6.07, 6.45) is -0.131. The van der Waals surface area contributed by atoms with Crippen molar-refractivity contribution in [3.8, 4) is 0 Å². The molecule has 0 aromatic heterocycles. The van der Waals surface area contributed by atoms with Crippen LogP contribution in [0.3, 0.4) is 0 Å². The van der Waals surface area contributed by atoms with Crippen molar-refractivity contribution in [3.63, 3.8) is 0 Å². The summed E-state index contributed by atoms with van der Waals surface area (Å²) in [5.74, 6) is -0.383. The standard InChI is InChI=1S/C25H34N2O3/c1-16(2)21-13-10-14-22(17(3)4)23(21)27-24(28)26-15-25(20-11-8-7-9-12-20)29-18(5)19(6)30-25/h7-14,16-19H,15H2,1-6H3,(H2,26,27,28)/t18-,19-/m0/s1. The molecule has 2 aromatic rings. The van der Waals surface area contributed by atoms with E-state index in [1.54, 1.807) is 0 Å². The lowest BCUT2D eigenvalue weighted by Gasteiger charge is -2.29. The largest absolute Gasteiger partial charge is 0.339 e. The predicted octanol–water partition coefficient (Wildman–Crippen LogP) is 5.73. The minimum absolute atomic E-state index is 0.0655. The van der Waals surface area contributed by atoms with Gasteiger partial charge < -0.3 is 20.1 Å². The van der Waals surface area contributed by atoms with Crippen molar-refractivity contribution in [2.45, 2.75) is 71.4 Å². The predicted molar refractivity (Wildman–Crippen MR) is 121 cm³/mol. The third-order valence-corrected chi connectivity index (χ3v) is 5.72. The molecule has 1 saturated heterocycles. The molecule has 2 amide bonds. The maximum Gasteiger partial charge on any atom is 0.319 e. The average molecular weight is 411 g/mol. The van der Waals surface area contributed by atoms with E-state index in [9.17, 15) is 4.79 Å². The van der Waals surface area contributed by atoms with Gasteiger partial charge in [0.2, 0.25) is 5.79 Å². The van der Waals surface area contributed by atoms with Gasteiger partial charge in [-0.25, -0.2) is 4.79 Å². The van der Waals surface area contributed by atoms with Crippen LogP contribution in [0.15, 0.2) is 48.5 Å². The molecular formula is C25H34N2O3. The summed E-state index contributed by atoms with van der Waals surface area (Å²) in [7, 11) is 0. The molecule has 5 heteroatoms. The number of urea groups is 1. The summed E-state index contributed by atoms with van der Waals surface area (Å²) in [6, 6.07) is 15.7. The van der Waals surface area contributed by atoms with Crippen molar-refractivity contribution >= 4 is 11.7 Å². The quantitative estimate of drug-likeness (QED) is 0.639. The fraction of sp³-hybridized carbons (Fsp3) is 0.480. The van der Waals surface area contributed by atoms with E-state index in [1.807, 2.05) is 44.2 Å². The summed E-state index contributed by atoms with van der Waals surface area (Å²) in [5.41, 5.74) is 4.05. The number of carbonyl (C=O) groups excluding carboxylic acids is 1. The molecule has 2 N–H and O–H groups in total. The molecule has 0 bridgehead atoms. The van der Waals surface area contributed by atoms with Gasteiger partial charge in [-0.3, -0.25) is 0 Å². The second-order valence-electron chi connectivity index (χ2n) is 8.69. The fourth-order valence-corrected chi connectivity index (χ4v) is 3.88. The number of ether oxygens (including phenoxy) is 2. The molecule has 3 rings (SSSR count). The van der Waals surface area contributed by atoms with Gasteiger partial charge in [0, 0.05) is 11.3 Å². The van der Waals surface area contributed by atoms with Crippen molar-refractivity contribution in [2.24, 2.45) is 0 Å². The lowest BCUT2D eigenvalue weighted by Crippen LogP contribution is -2.44. The van der Waals surface area contributed by atoms with Gasteiger partial charge in [0.25, 0.3) is 0 Å². The van der Waals surface area contributed by atoms with Crippen LogP contribution in [0.4, 0.5) is 10.5 Å². The Morgan fingerprint density at radius 1 is 0.900 bits per heavy atom. The molecule has 0 aliphatic carbocycles. The van der Waals surface area contributed by atoms with Crippen LogP contribution in [0.25, 0.3) is 0 Å². The molecule has 2 atom stereocenters. The second kappa shape index (κ2) is 9.19. The van der Waals surface area contributed by atoms with E-state index < -0.39 is 5.79 Å². The van der Waals surface area contributed by atoms with Gasteiger partial charge in [-0.15, -0.1) is 0 Å². The number of carbonyl (C=O) groups is 1.